The quantitative estimate of drug-likeness (QED) is 0.777. The number of allylic oxidation sites excluding steroid dienone is 2. The molecule has 1 aromatic carbocycles. The van der Waals surface area contributed by atoms with Crippen LogP contribution >= 0.6 is 0 Å². The third kappa shape index (κ3) is 3.36. The molecule has 1 heterocycles. The SMILES string of the molecule is COc1ccc([C@@H]2CCCN2C(=O)C[C@@H]2C=CCC2)cc1OC. The normalized spacial score (nSPS) is 23.3. The van der Waals surface area contributed by atoms with E-state index in [0.29, 0.717) is 12.3 Å². The van der Waals surface area contributed by atoms with E-state index in [1.54, 1.807) is 14.2 Å². The van der Waals surface area contributed by atoms with Crippen LogP contribution in [0.4, 0.5) is 0 Å². The molecule has 0 radical (unpaired) electrons. The summed E-state index contributed by atoms with van der Waals surface area (Å²) >= 11 is 0. The van der Waals surface area contributed by atoms with Crippen LogP contribution in [0.5, 0.6) is 11.5 Å². The Balaban J connectivity index is 1.75. The number of carbonyl (C=O) groups excluding carboxylic acids is 1. The molecule has 0 spiro atoms. The van der Waals surface area contributed by atoms with E-state index in [9.17, 15) is 4.79 Å². The number of amides is 1. The number of carbonyl (C=O) groups is 1. The van der Waals surface area contributed by atoms with Crippen molar-refractivity contribution in [2.45, 2.75) is 38.1 Å². The fraction of sp³-hybridized carbons (Fsp3) is 0.526. The predicted octanol–water partition coefficient (Wildman–Crippen LogP) is 3.72. The van der Waals surface area contributed by atoms with E-state index in [0.717, 1.165) is 49.3 Å². The van der Waals surface area contributed by atoms with Crippen LogP contribution in [0.25, 0.3) is 0 Å². The summed E-state index contributed by atoms with van der Waals surface area (Å²) in [5.41, 5.74) is 1.13. The molecule has 0 aromatic heterocycles. The second kappa shape index (κ2) is 7.07. The Morgan fingerprint density at radius 1 is 1.22 bits per heavy atom. The summed E-state index contributed by atoms with van der Waals surface area (Å²) in [7, 11) is 3.28. The highest BCUT2D eigenvalue weighted by Gasteiger charge is 2.31. The van der Waals surface area contributed by atoms with Gasteiger partial charge in [0.1, 0.15) is 0 Å². The first-order valence-electron chi connectivity index (χ1n) is 8.41. The van der Waals surface area contributed by atoms with Crippen molar-refractivity contribution in [3.05, 3.63) is 35.9 Å². The van der Waals surface area contributed by atoms with Gasteiger partial charge in [-0.05, 0) is 49.3 Å². The predicted molar refractivity (Wildman–Crippen MR) is 89.7 cm³/mol. The smallest absolute Gasteiger partial charge is 0.223 e. The Labute approximate surface area is 138 Å². The van der Waals surface area contributed by atoms with Gasteiger partial charge in [0, 0.05) is 13.0 Å². The zero-order valence-corrected chi connectivity index (χ0v) is 14.0. The molecule has 1 fully saturated rings. The van der Waals surface area contributed by atoms with Gasteiger partial charge in [0.25, 0.3) is 0 Å². The zero-order valence-electron chi connectivity index (χ0n) is 14.0. The lowest BCUT2D eigenvalue weighted by molar-refractivity contribution is -0.132. The van der Waals surface area contributed by atoms with E-state index < -0.39 is 0 Å². The van der Waals surface area contributed by atoms with E-state index >= 15 is 0 Å². The number of hydrogen-bond donors (Lipinski definition) is 0. The summed E-state index contributed by atoms with van der Waals surface area (Å²) in [5, 5.41) is 0. The van der Waals surface area contributed by atoms with Gasteiger partial charge in [0.15, 0.2) is 11.5 Å². The van der Waals surface area contributed by atoms with Crippen molar-refractivity contribution in [2.24, 2.45) is 5.92 Å². The van der Waals surface area contributed by atoms with E-state index in [1.807, 2.05) is 23.1 Å². The molecule has 23 heavy (non-hydrogen) atoms. The minimum absolute atomic E-state index is 0.160. The molecule has 1 aliphatic heterocycles. The fourth-order valence-corrected chi connectivity index (χ4v) is 3.68. The standard InChI is InChI=1S/C19H25NO3/c1-22-17-10-9-15(13-18(17)23-2)16-8-5-11-20(16)19(21)12-14-6-3-4-7-14/h3,6,9-10,13-14,16H,4-5,7-8,11-12H2,1-2H3/t14-,16+/m1/s1. The van der Waals surface area contributed by atoms with Gasteiger partial charge in [-0.2, -0.15) is 0 Å². The number of benzene rings is 1. The van der Waals surface area contributed by atoms with Crippen LogP contribution in [0.1, 0.15) is 43.7 Å². The van der Waals surface area contributed by atoms with Crippen molar-refractivity contribution in [1.82, 2.24) is 4.90 Å². The molecule has 2 atom stereocenters. The maximum absolute atomic E-state index is 12.7. The van der Waals surface area contributed by atoms with Gasteiger partial charge in [0.05, 0.1) is 20.3 Å². The van der Waals surface area contributed by atoms with Gasteiger partial charge in [-0.3, -0.25) is 4.79 Å². The average molecular weight is 315 g/mol. The summed E-state index contributed by atoms with van der Waals surface area (Å²) in [4.78, 5) is 14.7. The van der Waals surface area contributed by atoms with Crippen LogP contribution in [0.3, 0.4) is 0 Å². The molecule has 124 valence electrons. The van der Waals surface area contributed by atoms with Crippen LogP contribution < -0.4 is 9.47 Å². The topological polar surface area (TPSA) is 38.8 Å². The molecule has 1 aromatic rings. The molecule has 3 rings (SSSR count). The number of likely N-dealkylation sites (tertiary alicyclic amines) is 1. The van der Waals surface area contributed by atoms with Crippen LogP contribution in [0, 0.1) is 5.92 Å². The van der Waals surface area contributed by atoms with Crippen LogP contribution in [-0.2, 0) is 4.79 Å². The molecule has 2 aliphatic rings. The molecule has 4 heteroatoms. The summed E-state index contributed by atoms with van der Waals surface area (Å²) < 4.78 is 10.7. The Bertz CT molecular complexity index is 596. The lowest BCUT2D eigenvalue weighted by Gasteiger charge is -2.26. The van der Waals surface area contributed by atoms with Crippen molar-refractivity contribution in [1.29, 1.82) is 0 Å². The van der Waals surface area contributed by atoms with Gasteiger partial charge in [-0.15, -0.1) is 0 Å². The zero-order chi connectivity index (χ0) is 16.2. The van der Waals surface area contributed by atoms with Crippen molar-refractivity contribution in [2.75, 3.05) is 20.8 Å². The van der Waals surface area contributed by atoms with Gasteiger partial charge in [-0.25, -0.2) is 0 Å². The third-order valence-corrected chi connectivity index (χ3v) is 4.91. The van der Waals surface area contributed by atoms with E-state index in [1.165, 1.54) is 0 Å². The summed E-state index contributed by atoms with van der Waals surface area (Å²) in [6, 6.07) is 6.14. The second-order valence-corrected chi connectivity index (χ2v) is 6.33. The summed E-state index contributed by atoms with van der Waals surface area (Å²) in [5.74, 6) is 2.15. The number of methoxy groups -OCH3 is 2. The maximum Gasteiger partial charge on any atom is 0.223 e. The van der Waals surface area contributed by atoms with E-state index in [4.69, 9.17) is 9.47 Å². The molecular formula is C19H25NO3. The minimum Gasteiger partial charge on any atom is -0.493 e. The Morgan fingerprint density at radius 3 is 2.74 bits per heavy atom. The van der Waals surface area contributed by atoms with Crippen molar-refractivity contribution in [3.8, 4) is 11.5 Å². The Morgan fingerprint density at radius 2 is 2.04 bits per heavy atom. The number of ether oxygens (including phenoxy) is 2. The summed E-state index contributed by atoms with van der Waals surface area (Å²) in [6.07, 6.45) is 9.32. The highest BCUT2D eigenvalue weighted by atomic mass is 16.5. The fourth-order valence-electron chi connectivity index (χ4n) is 3.68. The van der Waals surface area contributed by atoms with Crippen LogP contribution in [0.2, 0.25) is 0 Å². The maximum atomic E-state index is 12.7. The first kappa shape index (κ1) is 15.9. The van der Waals surface area contributed by atoms with Gasteiger partial charge in [-0.1, -0.05) is 18.2 Å². The van der Waals surface area contributed by atoms with Crippen molar-refractivity contribution >= 4 is 5.91 Å². The monoisotopic (exact) mass is 315 g/mol. The van der Waals surface area contributed by atoms with Gasteiger partial charge >= 0.3 is 0 Å². The molecule has 0 N–H and O–H groups in total. The Hall–Kier alpha value is -1.97. The van der Waals surface area contributed by atoms with E-state index in [-0.39, 0.29) is 11.9 Å². The van der Waals surface area contributed by atoms with Gasteiger partial charge < -0.3 is 14.4 Å². The van der Waals surface area contributed by atoms with Crippen LogP contribution in [-0.4, -0.2) is 31.6 Å². The largest absolute Gasteiger partial charge is 0.493 e. The molecule has 1 saturated heterocycles. The highest BCUT2D eigenvalue weighted by Crippen LogP contribution is 2.37. The summed E-state index contributed by atoms with van der Waals surface area (Å²) in [6.45, 7) is 0.855. The number of nitrogens with zero attached hydrogens (tertiary/aromatic N) is 1. The molecule has 0 unspecified atom stereocenters. The van der Waals surface area contributed by atoms with Crippen molar-refractivity contribution < 1.29 is 14.3 Å². The van der Waals surface area contributed by atoms with Crippen molar-refractivity contribution in [3.63, 3.8) is 0 Å². The lowest BCUT2D eigenvalue weighted by atomic mass is 10.0. The van der Waals surface area contributed by atoms with Crippen LogP contribution in [0.15, 0.2) is 30.4 Å². The average Bonchev–Trinajstić information content (AvgIpc) is 3.25. The molecule has 1 amide bonds. The van der Waals surface area contributed by atoms with E-state index in [2.05, 4.69) is 12.2 Å². The minimum atomic E-state index is 0.160. The number of hydrogen-bond acceptors (Lipinski definition) is 3. The molecule has 0 saturated carbocycles. The highest BCUT2D eigenvalue weighted by molar-refractivity contribution is 5.77. The third-order valence-electron chi connectivity index (χ3n) is 4.91. The first-order valence-corrected chi connectivity index (χ1v) is 8.41. The van der Waals surface area contributed by atoms with Gasteiger partial charge in [0.2, 0.25) is 5.91 Å². The molecule has 0 bridgehead atoms. The number of rotatable bonds is 5. The Kier molecular flexibility index (Phi) is 4.89. The molecule has 4 nitrogen and oxygen atoms in total. The molecule has 1 aliphatic carbocycles. The first-order chi connectivity index (χ1) is 11.2. The lowest BCUT2D eigenvalue weighted by Crippen LogP contribution is -2.31. The molecular weight excluding hydrogens is 290 g/mol. The second-order valence-electron chi connectivity index (χ2n) is 6.33.